The SMILES string of the molecule is O=C(CSc1nnc(-c2cccs2)n1-n1cccc1)Nc1ccc(Cl)c(C(F)(F)F)c1. The zero-order valence-corrected chi connectivity index (χ0v) is 17.9. The molecule has 31 heavy (non-hydrogen) atoms. The molecule has 0 aliphatic rings. The van der Waals surface area contributed by atoms with E-state index in [0.29, 0.717) is 11.0 Å². The molecular weight excluding hydrogens is 471 g/mol. The van der Waals surface area contributed by atoms with Crippen molar-refractivity contribution in [3.05, 3.63) is 70.8 Å². The molecule has 4 rings (SSSR count). The van der Waals surface area contributed by atoms with E-state index in [4.69, 9.17) is 11.6 Å². The molecule has 0 fully saturated rings. The number of anilines is 1. The minimum atomic E-state index is -4.61. The van der Waals surface area contributed by atoms with Gasteiger partial charge in [0.1, 0.15) is 0 Å². The van der Waals surface area contributed by atoms with Crippen molar-refractivity contribution >= 4 is 46.3 Å². The van der Waals surface area contributed by atoms with Crippen molar-refractivity contribution < 1.29 is 18.0 Å². The summed E-state index contributed by atoms with van der Waals surface area (Å²) < 4.78 is 42.6. The first-order valence-electron chi connectivity index (χ1n) is 8.75. The minimum Gasteiger partial charge on any atom is -0.325 e. The third-order valence-electron chi connectivity index (χ3n) is 4.06. The summed E-state index contributed by atoms with van der Waals surface area (Å²) in [5.74, 6) is 0.0511. The summed E-state index contributed by atoms with van der Waals surface area (Å²) in [6.07, 6.45) is -0.980. The highest BCUT2D eigenvalue weighted by molar-refractivity contribution is 7.99. The van der Waals surface area contributed by atoms with Crippen molar-refractivity contribution in [2.75, 3.05) is 11.1 Å². The Labute approximate surface area is 187 Å². The molecule has 3 heterocycles. The number of alkyl halides is 3. The van der Waals surface area contributed by atoms with Crippen LogP contribution < -0.4 is 5.32 Å². The fourth-order valence-corrected chi connectivity index (χ4v) is 4.38. The molecule has 0 spiro atoms. The van der Waals surface area contributed by atoms with Gasteiger partial charge in [-0.3, -0.25) is 9.47 Å². The normalized spacial score (nSPS) is 11.6. The van der Waals surface area contributed by atoms with Crippen LogP contribution in [-0.4, -0.2) is 31.2 Å². The van der Waals surface area contributed by atoms with Gasteiger partial charge >= 0.3 is 6.18 Å². The van der Waals surface area contributed by atoms with Gasteiger partial charge in [-0.1, -0.05) is 29.4 Å². The van der Waals surface area contributed by atoms with Crippen molar-refractivity contribution in [2.24, 2.45) is 0 Å². The highest BCUT2D eigenvalue weighted by Gasteiger charge is 2.33. The fraction of sp³-hybridized carbons (Fsp3) is 0.105. The van der Waals surface area contributed by atoms with Crippen LogP contribution in [0.3, 0.4) is 0 Å². The quantitative estimate of drug-likeness (QED) is 0.367. The van der Waals surface area contributed by atoms with Gasteiger partial charge in [-0.25, -0.2) is 4.68 Å². The molecule has 1 N–H and O–H groups in total. The average Bonchev–Trinajstić information content (AvgIpc) is 3.47. The predicted molar refractivity (Wildman–Crippen MR) is 114 cm³/mol. The van der Waals surface area contributed by atoms with E-state index in [-0.39, 0.29) is 11.4 Å². The fourth-order valence-electron chi connectivity index (χ4n) is 2.73. The van der Waals surface area contributed by atoms with Crippen LogP contribution in [0.15, 0.2) is 65.4 Å². The molecule has 0 bridgehead atoms. The van der Waals surface area contributed by atoms with E-state index in [2.05, 4.69) is 15.5 Å². The molecule has 0 atom stereocenters. The molecule has 6 nitrogen and oxygen atoms in total. The molecule has 160 valence electrons. The van der Waals surface area contributed by atoms with Crippen LogP contribution >= 0.6 is 34.7 Å². The summed E-state index contributed by atoms with van der Waals surface area (Å²) in [5, 5.41) is 12.8. The zero-order chi connectivity index (χ0) is 22.0. The van der Waals surface area contributed by atoms with Crippen molar-refractivity contribution in [2.45, 2.75) is 11.3 Å². The minimum absolute atomic E-state index is 0.00785. The van der Waals surface area contributed by atoms with Gasteiger partial charge in [0.15, 0.2) is 5.82 Å². The molecule has 0 saturated carbocycles. The topological polar surface area (TPSA) is 64.7 Å². The highest BCUT2D eigenvalue weighted by atomic mass is 35.5. The average molecular weight is 484 g/mol. The Kier molecular flexibility index (Phi) is 6.08. The summed E-state index contributed by atoms with van der Waals surface area (Å²) in [5.41, 5.74) is -0.999. The predicted octanol–water partition coefficient (Wildman–Crippen LogP) is 5.52. The van der Waals surface area contributed by atoms with Gasteiger partial charge < -0.3 is 5.32 Å². The number of benzene rings is 1. The first-order valence-corrected chi connectivity index (χ1v) is 11.0. The second-order valence-corrected chi connectivity index (χ2v) is 8.48. The van der Waals surface area contributed by atoms with Crippen molar-refractivity contribution in [1.82, 2.24) is 19.5 Å². The van der Waals surface area contributed by atoms with Gasteiger partial charge in [-0.15, -0.1) is 21.5 Å². The molecule has 0 saturated heterocycles. The Morgan fingerprint density at radius 1 is 1.16 bits per heavy atom. The third kappa shape index (κ3) is 4.78. The number of carbonyl (C=O) groups excluding carboxylic acids is 1. The number of nitrogens with zero attached hydrogens (tertiary/aromatic N) is 4. The molecule has 1 amide bonds. The first kappa shape index (κ1) is 21.5. The Hall–Kier alpha value is -2.76. The molecule has 0 unspecified atom stereocenters. The number of carbonyl (C=O) groups is 1. The van der Waals surface area contributed by atoms with Crippen LogP contribution in [-0.2, 0) is 11.0 Å². The van der Waals surface area contributed by atoms with E-state index >= 15 is 0 Å². The molecule has 0 radical (unpaired) electrons. The maximum atomic E-state index is 13.0. The monoisotopic (exact) mass is 483 g/mol. The molecule has 12 heteroatoms. The lowest BCUT2D eigenvalue weighted by Crippen LogP contribution is -2.16. The Balaban J connectivity index is 1.51. The van der Waals surface area contributed by atoms with Gasteiger partial charge in [0.25, 0.3) is 0 Å². The van der Waals surface area contributed by atoms with Crippen LogP contribution in [0.25, 0.3) is 10.7 Å². The van der Waals surface area contributed by atoms with Gasteiger partial charge in [0.05, 0.1) is 21.2 Å². The molecular formula is C19H13ClF3N5OS2. The third-order valence-corrected chi connectivity index (χ3v) is 6.18. The Bertz CT molecular complexity index is 1190. The van der Waals surface area contributed by atoms with Crippen molar-refractivity contribution in [3.63, 3.8) is 0 Å². The summed E-state index contributed by atoms with van der Waals surface area (Å²) >= 11 is 8.23. The second kappa shape index (κ2) is 8.77. The smallest absolute Gasteiger partial charge is 0.325 e. The summed E-state index contributed by atoms with van der Waals surface area (Å²) in [4.78, 5) is 13.3. The second-order valence-electron chi connectivity index (χ2n) is 6.19. The van der Waals surface area contributed by atoms with E-state index in [1.165, 1.54) is 17.4 Å². The van der Waals surface area contributed by atoms with Crippen LogP contribution in [0.2, 0.25) is 5.02 Å². The van der Waals surface area contributed by atoms with E-state index < -0.39 is 22.7 Å². The number of thioether (sulfide) groups is 1. The molecule has 3 aromatic heterocycles. The number of nitrogens with one attached hydrogen (secondary N) is 1. The number of rotatable bonds is 6. The number of halogens is 4. The van der Waals surface area contributed by atoms with E-state index in [0.717, 1.165) is 28.8 Å². The standard InChI is InChI=1S/C19H13ClF3N5OS2/c20-14-6-5-12(10-13(14)19(21,22)23)24-16(29)11-31-18-26-25-17(15-4-3-9-30-15)28(18)27-7-1-2-8-27/h1-10H,11H2,(H,24,29). The summed E-state index contributed by atoms with van der Waals surface area (Å²) in [6, 6.07) is 10.7. The summed E-state index contributed by atoms with van der Waals surface area (Å²) in [7, 11) is 0. The number of amides is 1. The van der Waals surface area contributed by atoms with Gasteiger partial charge in [-0.2, -0.15) is 13.2 Å². The van der Waals surface area contributed by atoms with E-state index in [1.54, 1.807) is 9.35 Å². The van der Waals surface area contributed by atoms with Crippen molar-refractivity contribution in [1.29, 1.82) is 0 Å². The van der Waals surface area contributed by atoms with Crippen LogP contribution in [0.4, 0.5) is 18.9 Å². The lowest BCUT2D eigenvalue weighted by Gasteiger charge is -2.12. The Morgan fingerprint density at radius 3 is 2.61 bits per heavy atom. The van der Waals surface area contributed by atoms with Crippen LogP contribution in [0.5, 0.6) is 0 Å². The molecule has 4 aromatic rings. The van der Waals surface area contributed by atoms with E-state index in [1.807, 2.05) is 42.0 Å². The largest absolute Gasteiger partial charge is 0.417 e. The van der Waals surface area contributed by atoms with Crippen LogP contribution in [0, 0.1) is 0 Å². The molecule has 0 aliphatic carbocycles. The van der Waals surface area contributed by atoms with Gasteiger partial charge in [0, 0.05) is 18.1 Å². The lowest BCUT2D eigenvalue weighted by atomic mass is 10.2. The number of aromatic nitrogens is 4. The Morgan fingerprint density at radius 2 is 1.94 bits per heavy atom. The van der Waals surface area contributed by atoms with E-state index in [9.17, 15) is 18.0 Å². The molecule has 0 aliphatic heterocycles. The number of thiophene rings is 1. The maximum Gasteiger partial charge on any atom is 0.417 e. The number of hydrogen-bond acceptors (Lipinski definition) is 5. The zero-order valence-electron chi connectivity index (χ0n) is 15.5. The number of hydrogen-bond donors (Lipinski definition) is 1. The first-order chi connectivity index (χ1) is 14.8. The van der Waals surface area contributed by atoms with Gasteiger partial charge in [0.2, 0.25) is 11.1 Å². The maximum absolute atomic E-state index is 13.0. The van der Waals surface area contributed by atoms with Gasteiger partial charge in [-0.05, 0) is 41.8 Å². The summed E-state index contributed by atoms with van der Waals surface area (Å²) in [6.45, 7) is 0. The lowest BCUT2D eigenvalue weighted by molar-refractivity contribution is -0.137. The highest BCUT2D eigenvalue weighted by Crippen LogP contribution is 2.36. The van der Waals surface area contributed by atoms with Crippen molar-refractivity contribution in [3.8, 4) is 10.7 Å². The van der Waals surface area contributed by atoms with Crippen LogP contribution in [0.1, 0.15) is 5.56 Å². The molecule has 1 aromatic carbocycles.